The summed E-state index contributed by atoms with van der Waals surface area (Å²) in [5.41, 5.74) is 6.55. The van der Waals surface area contributed by atoms with Crippen molar-refractivity contribution in [3.8, 4) is 16.9 Å². The van der Waals surface area contributed by atoms with Crippen LogP contribution in [0.2, 0.25) is 0 Å². The number of ether oxygens (including phenoxy) is 1. The number of benzene rings is 3. The maximum absolute atomic E-state index is 10.4. The van der Waals surface area contributed by atoms with E-state index < -0.39 is 0 Å². The van der Waals surface area contributed by atoms with Crippen molar-refractivity contribution in [3.63, 3.8) is 0 Å². The lowest BCUT2D eigenvalue weighted by Gasteiger charge is -2.10. The molecule has 28 heavy (non-hydrogen) atoms. The summed E-state index contributed by atoms with van der Waals surface area (Å²) in [5.74, 6) is 0.307. The molecule has 3 rings (SSSR count). The second kappa shape index (κ2) is 11.6. The molecule has 0 amide bonds. The van der Waals surface area contributed by atoms with Gasteiger partial charge in [0.1, 0.15) is 5.75 Å². The first-order valence-corrected chi connectivity index (χ1v) is 9.04. The third-order valence-corrected chi connectivity index (χ3v) is 3.99. The molecule has 3 aromatic rings. The molecule has 0 fully saturated rings. The van der Waals surface area contributed by atoms with Crippen molar-refractivity contribution >= 4 is 12.0 Å². The van der Waals surface area contributed by atoms with E-state index in [0.717, 1.165) is 0 Å². The summed E-state index contributed by atoms with van der Waals surface area (Å²) in [7, 11) is 0. The highest BCUT2D eigenvalue weighted by atomic mass is 16.5. The van der Waals surface area contributed by atoms with Crippen LogP contribution in [0.4, 0.5) is 0 Å². The average Bonchev–Trinajstić information content (AvgIpc) is 2.64. The van der Waals surface area contributed by atoms with Gasteiger partial charge >= 0.3 is 5.97 Å². The van der Waals surface area contributed by atoms with Crippen LogP contribution in [0, 0.1) is 13.8 Å². The third-order valence-electron chi connectivity index (χ3n) is 3.99. The Hall–Kier alpha value is -3.13. The molecule has 0 spiro atoms. The lowest BCUT2D eigenvalue weighted by atomic mass is 9.95. The average molecular weight is 377 g/mol. The monoisotopic (exact) mass is 376 g/mol. The molecular formula is C26H32O2. The van der Waals surface area contributed by atoms with Crippen LogP contribution in [0.3, 0.4) is 0 Å². The molecule has 3 aromatic carbocycles. The summed E-state index contributed by atoms with van der Waals surface area (Å²) in [6.45, 7) is 7.74. The van der Waals surface area contributed by atoms with Crippen molar-refractivity contribution < 1.29 is 11.0 Å². The molecule has 2 nitrogen and oxygen atoms in total. The summed E-state index contributed by atoms with van der Waals surface area (Å²) in [5, 5.41) is 0. The number of esters is 1. The normalized spacial score (nSPS) is 9.86. The molecule has 0 heterocycles. The van der Waals surface area contributed by atoms with E-state index in [2.05, 4.69) is 75.4 Å². The van der Waals surface area contributed by atoms with Crippen molar-refractivity contribution in [3.05, 3.63) is 95.6 Å². The standard InChI is InChI=1S/C17H18.C8H8O2.CH4.H2/c1-4-7-16-14(3)9-6-11-17(16)15-10-5-8-13(2)12-15;1-7(9)10-8-5-3-2-4-6-8;;/h4-12H,1-3H3;2-6H,1H3;1H4;1H/b7-4-;;;. The van der Waals surface area contributed by atoms with E-state index in [9.17, 15) is 4.79 Å². The molecule has 0 saturated carbocycles. The van der Waals surface area contributed by atoms with Crippen LogP contribution in [0.5, 0.6) is 5.75 Å². The van der Waals surface area contributed by atoms with Gasteiger partial charge in [0.15, 0.2) is 0 Å². The van der Waals surface area contributed by atoms with Gasteiger partial charge in [-0.2, -0.15) is 0 Å². The predicted octanol–water partition coefficient (Wildman–Crippen LogP) is 7.50. The smallest absolute Gasteiger partial charge is 0.308 e. The maximum atomic E-state index is 10.4. The Kier molecular flexibility index (Phi) is 9.45. The van der Waals surface area contributed by atoms with E-state index in [1.807, 2.05) is 18.2 Å². The number of hydrogen-bond donors (Lipinski definition) is 0. The molecule has 0 saturated heterocycles. The zero-order chi connectivity index (χ0) is 19.6. The molecule has 0 aliphatic heterocycles. The molecule has 0 unspecified atom stereocenters. The third kappa shape index (κ3) is 6.88. The van der Waals surface area contributed by atoms with Crippen molar-refractivity contribution in [2.75, 3.05) is 0 Å². The summed E-state index contributed by atoms with van der Waals surface area (Å²) in [4.78, 5) is 10.4. The first kappa shape index (κ1) is 22.9. The minimum Gasteiger partial charge on any atom is -0.427 e. The van der Waals surface area contributed by atoms with Gasteiger partial charge in [-0.15, -0.1) is 0 Å². The largest absolute Gasteiger partial charge is 0.427 e. The van der Waals surface area contributed by atoms with Crippen molar-refractivity contribution in [1.82, 2.24) is 0 Å². The maximum Gasteiger partial charge on any atom is 0.308 e. The Labute approximate surface area is 171 Å². The summed E-state index contributed by atoms with van der Waals surface area (Å²) in [6, 6.07) is 24.1. The number of aryl methyl sites for hydroxylation is 2. The molecule has 2 heteroatoms. The Morgan fingerprint density at radius 2 is 1.61 bits per heavy atom. The quantitative estimate of drug-likeness (QED) is 0.349. The van der Waals surface area contributed by atoms with Gasteiger partial charge in [0.2, 0.25) is 0 Å². The van der Waals surface area contributed by atoms with Gasteiger partial charge in [0.25, 0.3) is 0 Å². The van der Waals surface area contributed by atoms with Crippen LogP contribution in [0.15, 0.2) is 78.9 Å². The summed E-state index contributed by atoms with van der Waals surface area (Å²) < 4.78 is 4.78. The number of hydrogen-bond acceptors (Lipinski definition) is 2. The minimum atomic E-state index is -0.286. The summed E-state index contributed by atoms with van der Waals surface area (Å²) >= 11 is 0. The van der Waals surface area contributed by atoms with E-state index in [-0.39, 0.29) is 14.8 Å². The Balaban J connectivity index is 0.000000567. The first-order chi connectivity index (χ1) is 13.0. The molecule has 0 bridgehead atoms. The molecule has 0 aliphatic rings. The van der Waals surface area contributed by atoms with E-state index in [1.165, 1.54) is 34.7 Å². The highest BCUT2D eigenvalue weighted by Crippen LogP contribution is 2.27. The van der Waals surface area contributed by atoms with E-state index in [0.29, 0.717) is 5.75 Å². The van der Waals surface area contributed by atoms with Crippen LogP contribution in [0.25, 0.3) is 17.2 Å². The molecule has 0 atom stereocenters. The van der Waals surface area contributed by atoms with Crippen molar-refractivity contribution in [2.45, 2.75) is 35.1 Å². The Morgan fingerprint density at radius 3 is 2.21 bits per heavy atom. The predicted molar refractivity (Wildman–Crippen MR) is 123 cm³/mol. The number of allylic oxidation sites excluding steroid dienone is 1. The van der Waals surface area contributed by atoms with Gasteiger partial charge in [-0.1, -0.05) is 85.8 Å². The van der Waals surface area contributed by atoms with E-state index in [1.54, 1.807) is 12.1 Å². The number of para-hydroxylation sites is 1. The van der Waals surface area contributed by atoms with Gasteiger partial charge in [-0.25, -0.2) is 0 Å². The van der Waals surface area contributed by atoms with Gasteiger partial charge in [0.05, 0.1) is 0 Å². The fourth-order valence-electron chi connectivity index (χ4n) is 2.79. The number of rotatable bonds is 3. The zero-order valence-electron chi connectivity index (χ0n) is 16.4. The first-order valence-electron chi connectivity index (χ1n) is 9.04. The minimum absolute atomic E-state index is 0. The molecule has 148 valence electrons. The van der Waals surface area contributed by atoms with Crippen LogP contribution >= 0.6 is 0 Å². The van der Waals surface area contributed by atoms with Gasteiger partial charge in [-0.05, 0) is 55.2 Å². The van der Waals surface area contributed by atoms with E-state index >= 15 is 0 Å². The van der Waals surface area contributed by atoms with Crippen molar-refractivity contribution in [2.24, 2.45) is 0 Å². The highest BCUT2D eigenvalue weighted by molar-refractivity contribution is 5.77. The summed E-state index contributed by atoms with van der Waals surface area (Å²) in [6.07, 6.45) is 4.29. The Morgan fingerprint density at radius 1 is 0.929 bits per heavy atom. The fraction of sp³-hybridized carbons (Fsp3) is 0.192. The highest BCUT2D eigenvalue weighted by Gasteiger charge is 2.04. The zero-order valence-corrected chi connectivity index (χ0v) is 16.4. The second-order valence-electron chi connectivity index (χ2n) is 6.31. The number of carbonyl (C=O) groups excluding carboxylic acids is 1. The van der Waals surface area contributed by atoms with Gasteiger partial charge in [-0.3, -0.25) is 4.79 Å². The topological polar surface area (TPSA) is 26.3 Å². The van der Waals surface area contributed by atoms with Crippen LogP contribution < -0.4 is 4.74 Å². The molecule has 0 radical (unpaired) electrons. The molecule has 0 N–H and O–H groups in total. The molecule has 0 aliphatic carbocycles. The van der Waals surface area contributed by atoms with Gasteiger partial charge < -0.3 is 4.74 Å². The second-order valence-corrected chi connectivity index (χ2v) is 6.31. The van der Waals surface area contributed by atoms with Gasteiger partial charge in [0, 0.05) is 8.35 Å². The molecule has 0 aromatic heterocycles. The lowest BCUT2D eigenvalue weighted by Crippen LogP contribution is -2.00. The SMILES string of the molecule is C.C/C=C\c1c(C)cccc1-c1cccc(C)c1.CC(=O)Oc1ccccc1.[HH]. The molecular weight excluding hydrogens is 344 g/mol. The lowest BCUT2D eigenvalue weighted by molar-refractivity contribution is -0.131. The fourth-order valence-corrected chi connectivity index (χ4v) is 2.79. The van der Waals surface area contributed by atoms with Crippen LogP contribution in [-0.2, 0) is 4.79 Å². The van der Waals surface area contributed by atoms with Crippen molar-refractivity contribution in [1.29, 1.82) is 0 Å². The number of carbonyl (C=O) groups is 1. The Bertz CT molecular complexity index is 915. The van der Waals surface area contributed by atoms with E-state index in [4.69, 9.17) is 4.74 Å². The van der Waals surface area contributed by atoms with Crippen LogP contribution in [-0.4, -0.2) is 5.97 Å². The van der Waals surface area contributed by atoms with Crippen LogP contribution in [0.1, 0.15) is 39.4 Å².